The average Bonchev–Trinajstić information content (AvgIpc) is 3.26. The van der Waals surface area contributed by atoms with Gasteiger partial charge in [0.15, 0.2) is 0 Å². The van der Waals surface area contributed by atoms with Crippen molar-refractivity contribution in [3.63, 3.8) is 0 Å². The van der Waals surface area contributed by atoms with Crippen LogP contribution in [-0.2, 0) is 29.4 Å². The van der Waals surface area contributed by atoms with Crippen LogP contribution in [0.25, 0.3) is 0 Å². The Morgan fingerprint density at radius 3 is 2.48 bits per heavy atom. The minimum absolute atomic E-state index is 0.00880. The molecule has 11 heteroatoms. The van der Waals surface area contributed by atoms with Gasteiger partial charge in [0.1, 0.15) is 11.5 Å². The summed E-state index contributed by atoms with van der Waals surface area (Å²) in [6, 6.07) is 13.1. The Morgan fingerprint density at radius 1 is 1.06 bits per heavy atom. The number of benzene rings is 2. The first-order valence-electron chi connectivity index (χ1n) is 9.82. The first kappa shape index (κ1) is 24.2. The third-order valence-electron chi connectivity index (χ3n) is 4.50. The molecule has 3 rings (SSSR count). The predicted octanol–water partition coefficient (Wildman–Crippen LogP) is 5.26. The molecular weight excluding hydrogens is 461 g/mol. The highest BCUT2D eigenvalue weighted by atomic mass is 32.2. The number of urea groups is 1. The maximum atomic E-state index is 13.0. The lowest BCUT2D eigenvalue weighted by Crippen LogP contribution is -2.34. The molecule has 33 heavy (non-hydrogen) atoms. The lowest BCUT2D eigenvalue weighted by atomic mass is 10.2. The lowest BCUT2D eigenvalue weighted by molar-refractivity contribution is -0.137. The van der Waals surface area contributed by atoms with Crippen molar-refractivity contribution >= 4 is 21.8 Å². The minimum atomic E-state index is -4.55. The topological polar surface area (TPSA) is 88.9 Å². The molecule has 0 saturated carbocycles. The Morgan fingerprint density at radius 2 is 1.82 bits per heavy atom. The molecule has 0 radical (unpaired) electrons. The summed E-state index contributed by atoms with van der Waals surface area (Å²) in [5.74, 6) is 0.335. The SMILES string of the molecule is CCS(=O)(=O)Oc1cccc(CN(Cc2ccco2)C(=O)Nc2cccc(C(F)(F)F)c2)c1. The van der Waals surface area contributed by atoms with Gasteiger partial charge in [-0.15, -0.1) is 0 Å². The number of halogens is 3. The molecule has 1 N–H and O–H groups in total. The second kappa shape index (κ2) is 9.99. The summed E-state index contributed by atoms with van der Waals surface area (Å²) in [5.41, 5.74) is -0.366. The number of rotatable bonds is 8. The van der Waals surface area contributed by atoms with E-state index in [1.165, 1.54) is 42.4 Å². The number of carbonyl (C=O) groups is 1. The Kier molecular flexibility index (Phi) is 7.32. The molecule has 0 aliphatic heterocycles. The van der Waals surface area contributed by atoms with Crippen LogP contribution in [-0.4, -0.2) is 25.1 Å². The molecule has 3 aromatic rings. The summed E-state index contributed by atoms with van der Waals surface area (Å²) in [6.07, 6.45) is -3.11. The molecule has 0 aliphatic carbocycles. The van der Waals surface area contributed by atoms with Crippen LogP contribution in [0.4, 0.5) is 23.7 Å². The van der Waals surface area contributed by atoms with E-state index >= 15 is 0 Å². The monoisotopic (exact) mass is 482 g/mol. The van der Waals surface area contributed by atoms with Gasteiger partial charge in [-0.25, -0.2) is 4.79 Å². The molecule has 0 spiro atoms. The fourth-order valence-corrected chi connectivity index (χ4v) is 3.40. The Labute approximate surface area is 188 Å². The highest BCUT2D eigenvalue weighted by Crippen LogP contribution is 2.30. The fraction of sp³-hybridized carbons (Fsp3) is 0.227. The van der Waals surface area contributed by atoms with E-state index in [-0.39, 0.29) is 30.3 Å². The number of anilines is 1. The summed E-state index contributed by atoms with van der Waals surface area (Å²) in [6.45, 7) is 1.48. The van der Waals surface area contributed by atoms with Crippen molar-refractivity contribution in [1.82, 2.24) is 4.90 Å². The summed E-state index contributed by atoms with van der Waals surface area (Å²) >= 11 is 0. The van der Waals surface area contributed by atoms with Crippen LogP contribution in [0.5, 0.6) is 5.75 Å². The molecule has 176 valence electrons. The second-order valence-corrected chi connectivity index (χ2v) is 8.88. The van der Waals surface area contributed by atoms with E-state index in [0.29, 0.717) is 11.3 Å². The largest absolute Gasteiger partial charge is 0.467 e. The molecule has 0 fully saturated rings. The van der Waals surface area contributed by atoms with Gasteiger partial charge in [-0.3, -0.25) is 0 Å². The maximum absolute atomic E-state index is 13.0. The third kappa shape index (κ3) is 7.01. The smallest absolute Gasteiger partial charge is 0.416 e. The highest BCUT2D eigenvalue weighted by Gasteiger charge is 2.30. The van der Waals surface area contributed by atoms with Gasteiger partial charge < -0.3 is 18.8 Å². The average molecular weight is 482 g/mol. The van der Waals surface area contributed by atoms with Gasteiger partial charge in [0, 0.05) is 12.2 Å². The number of furan rings is 1. The van der Waals surface area contributed by atoms with Crippen molar-refractivity contribution in [3.05, 3.63) is 83.8 Å². The Balaban J connectivity index is 1.81. The van der Waals surface area contributed by atoms with E-state index in [4.69, 9.17) is 8.60 Å². The van der Waals surface area contributed by atoms with Crippen molar-refractivity contribution < 1.29 is 35.0 Å². The molecule has 0 unspecified atom stereocenters. The number of hydrogen-bond acceptors (Lipinski definition) is 5. The maximum Gasteiger partial charge on any atom is 0.416 e. The van der Waals surface area contributed by atoms with Gasteiger partial charge in [0.25, 0.3) is 0 Å². The molecule has 0 atom stereocenters. The normalized spacial score (nSPS) is 11.8. The minimum Gasteiger partial charge on any atom is -0.467 e. The first-order valence-corrected chi connectivity index (χ1v) is 11.4. The van der Waals surface area contributed by atoms with Crippen molar-refractivity contribution in [3.8, 4) is 5.75 Å². The quantitative estimate of drug-likeness (QED) is 0.443. The van der Waals surface area contributed by atoms with Crippen molar-refractivity contribution in [2.24, 2.45) is 0 Å². The summed E-state index contributed by atoms with van der Waals surface area (Å²) in [4.78, 5) is 14.2. The van der Waals surface area contributed by atoms with Crippen LogP contribution in [0.15, 0.2) is 71.3 Å². The molecule has 1 aromatic heterocycles. The zero-order valence-electron chi connectivity index (χ0n) is 17.5. The van der Waals surface area contributed by atoms with E-state index in [2.05, 4.69) is 5.32 Å². The van der Waals surface area contributed by atoms with Gasteiger partial charge in [-0.1, -0.05) is 18.2 Å². The number of nitrogens with zero attached hydrogens (tertiary/aromatic N) is 1. The highest BCUT2D eigenvalue weighted by molar-refractivity contribution is 7.87. The Hall–Kier alpha value is -3.47. The van der Waals surface area contributed by atoms with Crippen LogP contribution in [0.1, 0.15) is 23.8 Å². The van der Waals surface area contributed by atoms with Crippen LogP contribution < -0.4 is 9.50 Å². The summed E-state index contributed by atoms with van der Waals surface area (Å²) < 4.78 is 72.8. The molecule has 2 amide bonds. The zero-order valence-corrected chi connectivity index (χ0v) is 18.3. The number of carbonyl (C=O) groups excluding carboxylic acids is 1. The molecule has 7 nitrogen and oxygen atoms in total. The summed E-state index contributed by atoms with van der Waals surface area (Å²) in [7, 11) is -3.73. The molecular formula is C22H21F3N2O5S. The first-order chi connectivity index (χ1) is 15.6. The standard InChI is InChI=1S/C22H21F3N2O5S/c1-2-33(29,30)32-19-9-3-6-16(12-19)14-27(15-20-10-5-11-31-20)21(28)26-18-8-4-7-17(13-18)22(23,24)25/h3-13H,2,14-15H2,1H3,(H,26,28). The number of alkyl halides is 3. The van der Waals surface area contributed by atoms with Crippen molar-refractivity contribution in [2.45, 2.75) is 26.2 Å². The van der Waals surface area contributed by atoms with Crippen molar-refractivity contribution in [2.75, 3.05) is 11.1 Å². The molecule has 0 saturated heterocycles. The van der Waals surface area contributed by atoms with E-state index in [1.54, 1.807) is 24.3 Å². The molecule has 1 heterocycles. The van der Waals surface area contributed by atoms with Gasteiger partial charge >= 0.3 is 22.3 Å². The van der Waals surface area contributed by atoms with E-state index in [0.717, 1.165) is 12.1 Å². The van der Waals surface area contributed by atoms with E-state index in [9.17, 15) is 26.4 Å². The lowest BCUT2D eigenvalue weighted by Gasteiger charge is -2.23. The molecule has 0 aliphatic rings. The van der Waals surface area contributed by atoms with Gasteiger partial charge in [-0.2, -0.15) is 21.6 Å². The van der Waals surface area contributed by atoms with Crippen LogP contribution in [0.3, 0.4) is 0 Å². The van der Waals surface area contributed by atoms with Crippen LogP contribution in [0.2, 0.25) is 0 Å². The molecule has 0 bridgehead atoms. The number of nitrogens with one attached hydrogen (secondary N) is 1. The zero-order chi connectivity index (χ0) is 24.1. The van der Waals surface area contributed by atoms with Crippen LogP contribution >= 0.6 is 0 Å². The van der Waals surface area contributed by atoms with E-state index < -0.39 is 27.9 Å². The second-order valence-electron chi connectivity index (χ2n) is 7.02. The predicted molar refractivity (Wildman–Crippen MR) is 115 cm³/mol. The number of amides is 2. The fourth-order valence-electron chi connectivity index (χ4n) is 2.89. The Bertz CT molecular complexity index is 1190. The van der Waals surface area contributed by atoms with Gasteiger partial charge in [0.2, 0.25) is 0 Å². The summed E-state index contributed by atoms with van der Waals surface area (Å²) in [5, 5.41) is 2.47. The van der Waals surface area contributed by atoms with E-state index in [1.807, 2.05) is 0 Å². The van der Waals surface area contributed by atoms with Gasteiger partial charge in [0.05, 0.1) is 24.1 Å². The molecule has 2 aromatic carbocycles. The van der Waals surface area contributed by atoms with Crippen LogP contribution in [0, 0.1) is 0 Å². The number of hydrogen-bond donors (Lipinski definition) is 1. The van der Waals surface area contributed by atoms with Crippen molar-refractivity contribution in [1.29, 1.82) is 0 Å². The third-order valence-corrected chi connectivity index (χ3v) is 5.66. The van der Waals surface area contributed by atoms with Gasteiger partial charge in [-0.05, 0) is 55.0 Å².